The van der Waals surface area contributed by atoms with Crippen LogP contribution in [0.4, 0.5) is 0 Å². The van der Waals surface area contributed by atoms with Gasteiger partial charge in [0.1, 0.15) is 28.8 Å². The quantitative estimate of drug-likeness (QED) is 0.710. The van der Waals surface area contributed by atoms with Gasteiger partial charge in [-0.05, 0) is 30.2 Å². The summed E-state index contributed by atoms with van der Waals surface area (Å²) < 4.78 is 18.2. The van der Waals surface area contributed by atoms with Crippen LogP contribution < -0.4 is 14.8 Å². The van der Waals surface area contributed by atoms with Crippen molar-refractivity contribution in [2.24, 2.45) is 0 Å². The molecule has 1 aliphatic rings. The van der Waals surface area contributed by atoms with Gasteiger partial charge in [-0.15, -0.1) is 0 Å². The van der Waals surface area contributed by atoms with E-state index in [2.05, 4.69) is 20.9 Å². The Kier molecular flexibility index (Phi) is 5.06. The molecule has 0 saturated heterocycles. The van der Waals surface area contributed by atoms with Crippen molar-refractivity contribution in [1.29, 1.82) is 0 Å². The van der Waals surface area contributed by atoms with Crippen LogP contribution in [0.15, 0.2) is 47.2 Å². The lowest BCUT2D eigenvalue weighted by atomic mass is 9.91. The van der Waals surface area contributed by atoms with Gasteiger partial charge in [0.25, 0.3) is 5.91 Å². The first-order valence-electron chi connectivity index (χ1n) is 9.26. The molecule has 28 heavy (non-hydrogen) atoms. The van der Waals surface area contributed by atoms with Gasteiger partial charge < -0.3 is 23.8 Å². The molecule has 7 heteroatoms. The molecule has 0 spiro atoms. The van der Waals surface area contributed by atoms with Gasteiger partial charge in [0.15, 0.2) is 0 Å². The van der Waals surface area contributed by atoms with E-state index in [4.69, 9.17) is 13.9 Å². The topological polar surface area (TPSA) is 78.5 Å². The molecule has 1 aliphatic heterocycles. The molecule has 0 saturated carbocycles. The number of ether oxygens (including phenoxy) is 2. The van der Waals surface area contributed by atoms with Gasteiger partial charge in [0.2, 0.25) is 0 Å². The molecule has 0 bridgehead atoms. The van der Waals surface area contributed by atoms with E-state index < -0.39 is 0 Å². The number of methoxy groups -OCH3 is 2. The SMILES string of the molecule is COc1ccc(C2CCc3nc(C(=O)NCc4ccco4)cn3C2)c(OC)c1. The average Bonchev–Trinajstić information content (AvgIpc) is 3.40. The summed E-state index contributed by atoms with van der Waals surface area (Å²) in [5.41, 5.74) is 1.58. The Morgan fingerprint density at radius 1 is 1.32 bits per heavy atom. The Morgan fingerprint density at radius 3 is 2.96 bits per heavy atom. The number of carbonyl (C=O) groups excluding carboxylic acids is 1. The predicted octanol–water partition coefficient (Wildman–Crippen LogP) is 3.15. The fraction of sp³-hybridized carbons (Fsp3) is 0.333. The maximum absolute atomic E-state index is 12.4. The minimum absolute atomic E-state index is 0.197. The van der Waals surface area contributed by atoms with Crippen LogP contribution >= 0.6 is 0 Å². The molecule has 1 amide bonds. The van der Waals surface area contributed by atoms with Crippen LogP contribution in [-0.2, 0) is 19.5 Å². The number of imidazole rings is 1. The molecule has 2 aromatic heterocycles. The molecule has 1 unspecified atom stereocenters. The molecule has 0 fully saturated rings. The first-order valence-corrected chi connectivity index (χ1v) is 9.26. The number of rotatable bonds is 6. The van der Waals surface area contributed by atoms with Crippen LogP contribution in [0.1, 0.15) is 40.0 Å². The molecule has 3 heterocycles. The third-order valence-corrected chi connectivity index (χ3v) is 5.11. The summed E-state index contributed by atoms with van der Waals surface area (Å²) in [6.07, 6.45) is 5.18. The molecule has 1 aromatic carbocycles. The van der Waals surface area contributed by atoms with Crippen LogP contribution in [0.5, 0.6) is 11.5 Å². The second kappa shape index (κ2) is 7.80. The van der Waals surface area contributed by atoms with Gasteiger partial charge in [-0.3, -0.25) is 4.79 Å². The van der Waals surface area contributed by atoms with Crippen molar-refractivity contribution in [3.63, 3.8) is 0 Å². The Bertz CT molecular complexity index is 962. The van der Waals surface area contributed by atoms with Crippen molar-refractivity contribution in [2.45, 2.75) is 31.8 Å². The van der Waals surface area contributed by atoms with Gasteiger partial charge in [-0.25, -0.2) is 4.98 Å². The minimum Gasteiger partial charge on any atom is -0.497 e. The van der Waals surface area contributed by atoms with Crippen molar-refractivity contribution in [3.05, 3.63) is 65.6 Å². The maximum atomic E-state index is 12.4. The zero-order valence-corrected chi connectivity index (χ0v) is 16.0. The van der Waals surface area contributed by atoms with Crippen molar-refractivity contribution in [3.8, 4) is 11.5 Å². The summed E-state index contributed by atoms with van der Waals surface area (Å²) >= 11 is 0. The lowest BCUT2D eigenvalue weighted by molar-refractivity contribution is 0.0943. The lowest BCUT2D eigenvalue weighted by Gasteiger charge is -2.25. The molecule has 146 valence electrons. The normalized spacial score (nSPS) is 15.7. The van der Waals surface area contributed by atoms with E-state index in [0.29, 0.717) is 23.9 Å². The van der Waals surface area contributed by atoms with Crippen molar-refractivity contribution >= 4 is 5.91 Å². The highest BCUT2D eigenvalue weighted by Gasteiger charge is 2.25. The van der Waals surface area contributed by atoms with E-state index in [1.54, 1.807) is 26.5 Å². The van der Waals surface area contributed by atoms with Gasteiger partial charge in [0.05, 0.1) is 27.0 Å². The Balaban J connectivity index is 1.48. The standard InChI is InChI=1S/C21H23N3O4/c1-26-15-6-7-17(19(10-15)27-2)14-5-8-20-23-18(13-24(20)12-14)21(25)22-11-16-4-3-9-28-16/h3-4,6-7,9-10,13-14H,5,8,11-12H2,1-2H3,(H,22,25). The molecule has 3 aromatic rings. The van der Waals surface area contributed by atoms with Gasteiger partial charge in [0, 0.05) is 31.1 Å². The summed E-state index contributed by atoms with van der Waals surface area (Å²) in [6.45, 7) is 1.11. The monoisotopic (exact) mass is 381 g/mol. The van der Waals surface area contributed by atoms with Crippen LogP contribution in [-0.4, -0.2) is 29.7 Å². The largest absolute Gasteiger partial charge is 0.497 e. The summed E-state index contributed by atoms with van der Waals surface area (Å²) in [4.78, 5) is 16.9. The fourth-order valence-electron chi connectivity index (χ4n) is 3.63. The lowest BCUT2D eigenvalue weighted by Crippen LogP contribution is -2.22. The van der Waals surface area contributed by atoms with Crippen LogP contribution in [0.2, 0.25) is 0 Å². The van der Waals surface area contributed by atoms with E-state index in [1.165, 1.54) is 0 Å². The molecular weight excluding hydrogens is 358 g/mol. The number of aromatic nitrogens is 2. The number of nitrogens with zero attached hydrogens (tertiary/aromatic N) is 2. The second-order valence-electron chi connectivity index (χ2n) is 6.80. The first-order chi connectivity index (χ1) is 13.7. The zero-order chi connectivity index (χ0) is 19.5. The van der Waals surface area contributed by atoms with E-state index in [0.717, 1.165) is 42.3 Å². The molecule has 0 aliphatic carbocycles. The minimum atomic E-state index is -0.197. The third-order valence-electron chi connectivity index (χ3n) is 5.11. The first kappa shape index (κ1) is 18.2. The van der Waals surface area contributed by atoms with Crippen LogP contribution in [0.3, 0.4) is 0 Å². The Hall–Kier alpha value is -3.22. The van der Waals surface area contributed by atoms with Crippen molar-refractivity contribution < 1.29 is 18.7 Å². The zero-order valence-electron chi connectivity index (χ0n) is 16.0. The number of fused-ring (bicyclic) bond motifs is 1. The molecular formula is C21H23N3O4. The number of amides is 1. The molecule has 0 radical (unpaired) electrons. The van der Waals surface area contributed by atoms with E-state index >= 15 is 0 Å². The average molecular weight is 381 g/mol. The van der Waals surface area contributed by atoms with Crippen LogP contribution in [0.25, 0.3) is 0 Å². The van der Waals surface area contributed by atoms with Crippen molar-refractivity contribution in [1.82, 2.24) is 14.9 Å². The Labute approximate surface area is 163 Å². The summed E-state index contributed by atoms with van der Waals surface area (Å²) in [5, 5.41) is 2.84. The number of benzene rings is 1. The number of hydrogen-bond donors (Lipinski definition) is 1. The summed E-state index contributed by atoms with van der Waals surface area (Å²) in [7, 11) is 3.32. The van der Waals surface area contributed by atoms with E-state index in [9.17, 15) is 4.79 Å². The number of carbonyl (C=O) groups is 1. The molecule has 4 rings (SSSR count). The molecule has 7 nitrogen and oxygen atoms in total. The Morgan fingerprint density at radius 2 is 2.21 bits per heavy atom. The van der Waals surface area contributed by atoms with Gasteiger partial charge in [-0.2, -0.15) is 0 Å². The van der Waals surface area contributed by atoms with Gasteiger partial charge in [-0.1, -0.05) is 6.07 Å². The highest BCUT2D eigenvalue weighted by atomic mass is 16.5. The smallest absolute Gasteiger partial charge is 0.271 e. The number of aryl methyl sites for hydroxylation is 1. The molecule has 1 N–H and O–H groups in total. The highest BCUT2D eigenvalue weighted by molar-refractivity contribution is 5.92. The maximum Gasteiger partial charge on any atom is 0.271 e. The van der Waals surface area contributed by atoms with E-state index in [1.807, 2.05) is 24.4 Å². The summed E-state index contributed by atoms with van der Waals surface area (Å²) in [5.74, 6) is 3.34. The fourth-order valence-corrected chi connectivity index (χ4v) is 3.63. The third kappa shape index (κ3) is 3.60. The van der Waals surface area contributed by atoms with Gasteiger partial charge >= 0.3 is 0 Å². The molecule has 1 atom stereocenters. The second-order valence-corrected chi connectivity index (χ2v) is 6.80. The van der Waals surface area contributed by atoms with Crippen molar-refractivity contribution in [2.75, 3.05) is 14.2 Å². The highest BCUT2D eigenvalue weighted by Crippen LogP contribution is 2.36. The number of hydrogen-bond acceptors (Lipinski definition) is 5. The van der Waals surface area contributed by atoms with E-state index in [-0.39, 0.29) is 5.91 Å². The summed E-state index contributed by atoms with van der Waals surface area (Å²) in [6, 6.07) is 9.54. The number of furan rings is 1. The van der Waals surface area contributed by atoms with Crippen LogP contribution in [0, 0.1) is 0 Å². The predicted molar refractivity (Wildman–Crippen MR) is 103 cm³/mol. The number of nitrogens with one attached hydrogen (secondary N) is 1.